The van der Waals surface area contributed by atoms with E-state index in [4.69, 9.17) is 5.73 Å². The fraction of sp³-hybridized carbons (Fsp3) is 0.625. The van der Waals surface area contributed by atoms with E-state index in [1.165, 1.54) is 11.3 Å². The van der Waals surface area contributed by atoms with Crippen LogP contribution in [0.25, 0.3) is 0 Å². The molecule has 12 heavy (non-hydrogen) atoms. The summed E-state index contributed by atoms with van der Waals surface area (Å²) in [5.41, 5.74) is 8.47. The Morgan fingerprint density at radius 1 is 1.58 bits per heavy atom. The number of aliphatic hydroxyl groups excluding tert-OH is 1. The summed E-state index contributed by atoms with van der Waals surface area (Å²) in [7, 11) is 0. The molecule has 0 bridgehead atoms. The van der Waals surface area contributed by atoms with Crippen LogP contribution in [0.4, 0.5) is 0 Å². The summed E-state index contributed by atoms with van der Waals surface area (Å²) in [5.74, 6) is 0. The molecular weight excluding hydrogens is 154 g/mol. The Bertz CT molecular complexity index is 282. The van der Waals surface area contributed by atoms with Gasteiger partial charge in [-0.15, -0.1) is 0 Å². The Kier molecular flexibility index (Phi) is 1.86. The SMILES string of the molecule is NC[C@@H](O)c1n[nH]c2c1CCC2. The molecule has 4 nitrogen and oxygen atoms in total. The minimum Gasteiger partial charge on any atom is -0.385 e. The average Bonchev–Trinajstić information content (AvgIpc) is 2.62. The van der Waals surface area contributed by atoms with Crippen LogP contribution >= 0.6 is 0 Å². The molecule has 1 heterocycles. The molecule has 1 aliphatic carbocycles. The molecule has 1 aromatic heterocycles. The van der Waals surface area contributed by atoms with Crippen molar-refractivity contribution in [2.24, 2.45) is 5.73 Å². The van der Waals surface area contributed by atoms with Gasteiger partial charge in [-0.1, -0.05) is 0 Å². The first-order valence-electron chi connectivity index (χ1n) is 4.27. The number of hydrogen-bond donors (Lipinski definition) is 3. The molecule has 1 aliphatic rings. The predicted octanol–water partition coefficient (Wildman–Crippen LogP) is -0.110. The zero-order valence-corrected chi connectivity index (χ0v) is 6.88. The topological polar surface area (TPSA) is 74.9 Å². The van der Waals surface area contributed by atoms with Gasteiger partial charge < -0.3 is 10.8 Å². The standard InChI is InChI=1S/C8H13N3O/c9-4-7(12)8-5-2-1-3-6(5)10-11-8/h7,12H,1-4,9H2,(H,10,11)/t7-/m1/s1. The summed E-state index contributed by atoms with van der Waals surface area (Å²) in [5, 5.41) is 16.5. The van der Waals surface area contributed by atoms with Crippen molar-refractivity contribution in [3.63, 3.8) is 0 Å². The Morgan fingerprint density at radius 3 is 3.17 bits per heavy atom. The fourth-order valence-corrected chi connectivity index (χ4v) is 1.73. The largest absolute Gasteiger partial charge is 0.385 e. The summed E-state index contributed by atoms with van der Waals surface area (Å²) in [4.78, 5) is 0. The highest BCUT2D eigenvalue weighted by molar-refractivity contribution is 5.30. The molecule has 0 aliphatic heterocycles. The van der Waals surface area contributed by atoms with Gasteiger partial charge in [0.15, 0.2) is 0 Å². The number of nitrogens with one attached hydrogen (secondary N) is 1. The number of rotatable bonds is 2. The summed E-state index contributed by atoms with van der Waals surface area (Å²) >= 11 is 0. The van der Waals surface area contributed by atoms with Crippen LogP contribution in [-0.4, -0.2) is 21.8 Å². The Balaban J connectivity index is 2.33. The first-order valence-corrected chi connectivity index (χ1v) is 4.27. The molecule has 0 spiro atoms. The summed E-state index contributed by atoms with van der Waals surface area (Å²) < 4.78 is 0. The number of fused-ring (bicyclic) bond motifs is 1. The molecule has 4 heteroatoms. The minimum absolute atomic E-state index is 0.247. The molecule has 0 radical (unpaired) electrons. The zero-order valence-electron chi connectivity index (χ0n) is 6.88. The average molecular weight is 167 g/mol. The molecule has 0 fully saturated rings. The fourth-order valence-electron chi connectivity index (χ4n) is 1.73. The molecule has 0 saturated heterocycles. The van der Waals surface area contributed by atoms with Crippen molar-refractivity contribution in [1.82, 2.24) is 10.2 Å². The summed E-state index contributed by atoms with van der Waals surface area (Å²) in [6, 6.07) is 0. The van der Waals surface area contributed by atoms with Crippen LogP contribution in [-0.2, 0) is 12.8 Å². The second-order valence-corrected chi connectivity index (χ2v) is 3.17. The van der Waals surface area contributed by atoms with E-state index in [0.717, 1.165) is 25.0 Å². The number of aliphatic hydroxyl groups is 1. The van der Waals surface area contributed by atoms with Crippen LogP contribution in [0.1, 0.15) is 29.5 Å². The molecule has 1 aromatic rings. The lowest BCUT2D eigenvalue weighted by Gasteiger charge is -2.04. The lowest BCUT2D eigenvalue weighted by molar-refractivity contribution is 0.181. The highest BCUT2D eigenvalue weighted by Gasteiger charge is 2.21. The van der Waals surface area contributed by atoms with E-state index in [-0.39, 0.29) is 6.54 Å². The lowest BCUT2D eigenvalue weighted by Crippen LogP contribution is -2.13. The quantitative estimate of drug-likeness (QED) is 0.575. The van der Waals surface area contributed by atoms with E-state index < -0.39 is 6.10 Å². The van der Waals surface area contributed by atoms with Gasteiger partial charge in [-0.2, -0.15) is 5.10 Å². The number of nitrogens with two attached hydrogens (primary N) is 1. The molecular formula is C8H13N3O. The number of aromatic nitrogens is 2. The highest BCUT2D eigenvalue weighted by atomic mass is 16.3. The van der Waals surface area contributed by atoms with Crippen LogP contribution < -0.4 is 5.73 Å². The summed E-state index contributed by atoms with van der Waals surface area (Å²) in [6.45, 7) is 0.247. The number of H-pyrrole nitrogens is 1. The maximum atomic E-state index is 9.47. The van der Waals surface area contributed by atoms with E-state index in [2.05, 4.69) is 10.2 Å². The number of nitrogens with zero attached hydrogens (tertiary/aromatic N) is 1. The van der Waals surface area contributed by atoms with Gasteiger partial charge in [-0.25, -0.2) is 0 Å². The Hall–Kier alpha value is -0.870. The maximum Gasteiger partial charge on any atom is 0.110 e. The molecule has 66 valence electrons. The van der Waals surface area contributed by atoms with Crippen molar-refractivity contribution in [1.29, 1.82) is 0 Å². The first kappa shape index (κ1) is 7.76. The van der Waals surface area contributed by atoms with E-state index in [0.29, 0.717) is 0 Å². The normalized spacial score (nSPS) is 17.8. The van der Waals surface area contributed by atoms with Gasteiger partial charge in [0.2, 0.25) is 0 Å². The van der Waals surface area contributed by atoms with Crippen LogP contribution in [0.15, 0.2) is 0 Å². The van der Waals surface area contributed by atoms with Gasteiger partial charge in [0.25, 0.3) is 0 Å². The smallest absolute Gasteiger partial charge is 0.110 e. The molecule has 0 unspecified atom stereocenters. The zero-order chi connectivity index (χ0) is 8.55. The molecule has 0 amide bonds. The van der Waals surface area contributed by atoms with E-state index in [1.807, 2.05) is 0 Å². The third kappa shape index (κ3) is 1.04. The van der Waals surface area contributed by atoms with E-state index in [1.54, 1.807) is 0 Å². The highest BCUT2D eigenvalue weighted by Crippen LogP contribution is 2.26. The predicted molar refractivity (Wildman–Crippen MR) is 44.6 cm³/mol. The molecule has 0 aromatic carbocycles. The number of aryl methyl sites for hydroxylation is 1. The van der Waals surface area contributed by atoms with Crippen LogP contribution in [0.2, 0.25) is 0 Å². The van der Waals surface area contributed by atoms with Crippen molar-refractivity contribution in [3.05, 3.63) is 17.0 Å². The van der Waals surface area contributed by atoms with E-state index in [9.17, 15) is 5.11 Å². The molecule has 1 atom stereocenters. The van der Waals surface area contributed by atoms with Crippen molar-refractivity contribution in [2.45, 2.75) is 25.4 Å². The third-order valence-electron chi connectivity index (χ3n) is 2.38. The Labute approximate surface area is 70.8 Å². The molecule has 0 saturated carbocycles. The van der Waals surface area contributed by atoms with Crippen molar-refractivity contribution >= 4 is 0 Å². The number of aromatic amines is 1. The van der Waals surface area contributed by atoms with Crippen LogP contribution in [0.3, 0.4) is 0 Å². The van der Waals surface area contributed by atoms with Crippen molar-refractivity contribution < 1.29 is 5.11 Å². The second kappa shape index (κ2) is 2.88. The second-order valence-electron chi connectivity index (χ2n) is 3.17. The molecule has 4 N–H and O–H groups in total. The van der Waals surface area contributed by atoms with Crippen molar-refractivity contribution in [3.8, 4) is 0 Å². The van der Waals surface area contributed by atoms with Gasteiger partial charge in [0.1, 0.15) is 6.10 Å². The van der Waals surface area contributed by atoms with Gasteiger partial charge >= 0.3 is 0 Å². The van der Waals surface area contributed by atoms with Crippen molar-refractivity contribution in [2.75, 3.05) is 6.54 Å². The monoisotopic (exact) mass is 167 g/mol. The van der Waals surface area contributed by atoms with Crippen LogP contribution in [0.5, 0.6) is 0 Å². The number of hydrogen-bond acceptors (Lipinski definition) is 3. The maximum absolute atomic E-state index is 9.47. The van der Waals surface area contributed by atoms with Gasteiger partial charge in [-0.05, 0) is 24.8 Å². The van der Waals surface area contributed by atoms with Gasteiger partial charge in [0.05, 0.1) is 5.69 Å². The van der Waals surface area contributed by atoms with Gasteiger partial charge in [-0.3, -0.25) is 5.10 Å². The molecule has 2 rings (SSSR count). The summed E-state index contributed by atoms with van der Waals surface area (Å²) in [6.07, 6.45) is 2.65. The third-order valence-corrected chi connectivity index (χ3v) is 2.38. The van der Waals surface area contributed by atoms with Crippen LogP contribution in [0, 0.1) is 0 Å². The lowest BCUT2D eigenvalue weighted by atomic mass is 10.1. The Morgan fingerprint density at radius 2 is 2.42 bits per heavy atom. The van der Waals surface area contributed by atoms with E-state index >= 15 is 0 Å². The minimum atomic E-state index is -0.594. The van der Waals surface area contributed by atoms with Gasteiger partial charge in [0, 0.05) is 12.2 Å². The first-order chi connectivity index (χ1) is 5.83.